The van der Waals surface area contributed by atoms with Crippen LogP contribution < -0.4 is 5.32 Å². The lowest BCUT2D eigenvalue weighted by Crippen LogP contribution is -2.33. The lowest BCUT2D eigenvalue weighted by atomic mass is 10.1. The van der Waals surface area contributed by atoms with Crippen molar-refractivity contribution >= 4 is 32.8 Å². The summed E-state index contributed by atoms with van der Waals surface area (Å²) < 4.78 is 39.4. The van der Waals surface area contributed by atoms with Gasteiger partial charge in [-0.1, -0.05) is 12.1 Å². The van der Waals surface area contributed by atoms with Gasteiger partial charge in [-0.3, -0.25) is 9.12 Å². The Hall–Kier alpha value is -2.68. The molecule has 1 saturated heterocycles. The number of para-hydroxylation sites is 1. The molecule has 0 aliphatic carbocycles. The number of benzene rings is 1. The van der Waals surface area contributed by atoms with Crippen LogP contribution in [-0.4, -0.2) is 72.7 Å². The van der Waals surface area contributed by atoms with Crippen LogP contribution in [0.2, 0.25) is 0 Å². The number of imidazole rings is 1. The fourth-order valence-corrected chi connectivity index (χ4v) is 3.81. The van der Waals surface area contributed by atoms with Gasteiger partial charge in [0, 0.05) is 0 Å². The minimum absolute atomic E-state index is 0.0810. The molecule has 0 unspecified atom stereocenters. The summed E-state index contributed by atoms with van der Waals surface area (Å²) in [7, 11) is -4.47. The first-order chi connectivity index (χ1) is 13.8. The van der Waals surface area contributed by atoms with E-state index >= 15 is 0 Å². The van der Waals surface area contributed by atoms with Crippen molar-refractivity contribution in [3.05, 3.63) is 36.9 Å². The molecule has 1 aliphatic heterocycles. The van der Waals surface area contributed by atoms with Crippen molar-refractivity contribution in [1.82, 2.24) is 19.5 Å². The highest BCUT2D eigenvalue weighted by Gasteiger charge is 2.44. The first-order valence-corrected chi connectivity index (χ1v) is 9.89. The summed E-state index contributed by atoms with van der Waals surface area (Å²) in [6.45, 7) is -0.477. The molecule has 29 heavy (non-hydrogen) atoms. The number of anilines is 2. The van der Waals surface area contributed by atoms with Crippen LogP contribution in [0.15, 0.2) is 41.8 Å². The summed E-state index contributed by atoms with van der Waals surface area (Å²) in [6, 6.07) is 5.71. The van der Waals surface area contributed by atoms with E-state index in [-0.39, 0.29) is 27.6 Å². The Morgan fingerprint density at radius 3 is 2.59 bits per heavy atom. The monoisotopic (exact) mass is 423 g/mol. The van der Waals surface area contributed by atoms with Gasteiger partial charge in [-0.2, -0.15) is 8.42 Å². The first kappa shape index (κ1) is 19.6. The summed E-state index contributed by atoms with van der Waals surface area (Å²) in [5, 5.41) is 32.3. The Morgan fingerprint density at radius 1 is 1.14 bits per heavy atom. The minimum atomic E-state index is -4.47. The zero-order chi connectivity index (χ0) is 20.8. The number of aliphatic hydroxyl groups is 3. The number of rotatable bonds is 5. The molecule has 0 radical (unpaired) electrons. The molecule has 0 amide bonds. The molecule has 1 aromatic carbocycles. The summed E-state index contributed by atoms with van der Waals surface area (Å²) >= 11 is 0. The zero-order valence-corrected chi connectivity index (χ0v) is 15.5. The van der Waals surface area contributed by atoms with E-state index in [1.54, 1.807) is 6.07 Å². The van der Waals surface area contributed by atoms with Gasteiger partial charge in [0.1, 0.15) is 29.5 Å². The Bertz CT molecular complexity index is 1150. The number of hydrogen-bond acceptors (Lipinski definition) is 10. The van der Waals surface area contributed by atoms with Crippen LogP contribution in [0.5, 0.6) is 0 Å². The Balaban J connectivity index is 1.73. The van der Waals surface area contributed by atoms with Gasteiger partial charge in [-0.15, -0.1) is 0 Å². The fourth-order valence-electron chi connectivity index (χ4n) is 3.16. The molecule has 0 saturated carbocycles. The highest BCUT2D eigenvalue weighted by molar-refractivity contribution is 7.86. The molecule has 4 atom stereocenters. The van der Waals surface area contributed by atoms with Gasteiger partial charge in [0.15, 0.2) is 23.2 Å². The molecule has 13 heteroatoms. The van der Waals surface area contributed by atoms with Crippen LogP contribution in [0.1, 0.15) is 6.23 Å². The number of aromatic nitrogens is 4. The molecule has 0 spiro atoms. The van der Waals surface area contributed by atoms with Crippen LogP contribution in [0.25, 0.3) is 11.2 Å². The summed E-state index contributed by atoms with van der Waals surface area (Å²) in [4.78, 5) is 12.0. The van der Waals surface area contributed by atoms with Gasteiger partial charge >= 0.3 is 0 Å². The van der Waals surface area contributed by atoms with Crippen molar-refractivity contribution in [3.8, 4) is 0 Å². The quantitative estimate of drug-likeness (QED) is 0.332. The van der Waals surface area contributed by atoms with Crippen molar-refractivity contribution in [2.24, 2.45) is 0 Å². The maximum atomic E-state index is 11.6. The first-order valence-electron chi connectivity index (χ1n) is 8.45. The molecule has 12 nitrogen and oxygen atoms in total. The maximum Gasteiger partial charge on any atom is 0.296 e. The van der Waals surface area contributed by atoms with E-state index in [0.29, 0.717) is 0 Å². The number of nitrogens with one attached hydrogen (secondary N) is 1. The van der Waals surface area contributed by atoms with Gasteiger partial charge in [-0.05, 0) is 12.1 Å². The molecule has 3 heterocycles. The summed E-state index contributed by atoms with van der Waals surface area (Å²) in [5.41, 5.74) is 0.550. The second kappa shape index (κ2) is 7.29. The average Bonchev–Trinajstić information content (AvgIpc) is 3.24. The summed E-state index contributed by atoms with van der Waals surface area (Å²) in [6.07, 6.45) is -2.10. The molecule has 154 valence electrons. The predicted octanol–water partition coefficient (Wildman–Crippen LogP) is -0.572. The molecule has 1 fully saturated rings. The molecule has 2 aromatic heterocycles. The van der Waals surface area contributed by atoms with Crippen molar-refractivity contribution < 1.29 is 33.0 Å². The predicted molar refractivity (Wildman–Crippen MR) is 97.9 cm³/mol. The largest absolute Gasteiger partial charge is 0.394 e. The van der Waals surface area contributed by atoms with Gasteiger partial charge in [0.05, 0.1) is 18.6 Å². The third kappa shape index (κ3) is 3.43. The van der Waals surface area contributed by atoms with Crippen LogP contribution in [0.4, 0.5) is 11.5 Å². The molecular weight excluding hydrogens is 406 g/mol. The molecule has 4 rings (SSSR count). The third-order valence-electron chi connectivity index (χ3n) is 4.57. The van der Waals surface area contributed by atoms with E-state index in [2.05, 4.69) is 20.3 Å². The third-order valence-corrected chi connectivity index (χ3v) is 5.48. The maximum absolute atomic E-state index is 11.6. The minimum Gasteiger partial charge on any atom is -0.394 e. The highest BCUT2D eigenvalue weighted by atomic mass is 32.2. The van der Waals surface area contributed by atoms with Gasteiger partial charge < -0.3 is 25.4 Å². The molecule has 0 bridgehead atoms. The van der Waals surface area contributed by atoms with Crippen molar-refractivity contribution in [2.45, 2.75) is 29.4 Å². The van der Waals surface area contributed by atoms with Crippen LogP contribution in [0.3, 0.4) is 0 Å². The molecular formula is C16H17N5O7S. The van der Waals surface area contributed by atoms with E-state index in [4.69, 9.17) is 4.74 Å². The van der Waals surface area contributed by atoms with Crippen molar-refractivity contribution in [3.63, 3.8) is 0 Å². The summed E-state index contributed by atoms with van der Waals surface area (Å²) in [5.74, 6) is 0.150. The van der Waals surface area contributed by atoms with Crippen LogP contribution >= 0.6 is 0 Å². The molecule has 1 aliphatic rings. The Kier molecular flexibility index (Phi) is 4.94. The van der Waals surface area contributed by atoms with Crippen molar-refractivity contribution in [2.75, 3.05) is 11.9 Å². The lowest BCUT2D eigenvalue weighted by Gasteiger charge is -2.16. The molecule has 3 aromatic rings. The van der Waals surface area contributed by atoms with Gasteiger partial charge in [-0.25, -0.2) is 15.0 Å². The smallest absolute Gasteiger partial charge is 0.296 e. The number of fused-ring (bicyclic) bond motifs is 1. The Labute approximate surface area is 164 Å². The SMILES string of the molecule is O=S(=O)(O)c1ccccc1Nc1ncnc2c1ncn2[C@@H]1O[C@H](CO)[C@@H](O)[C@H]1O. The van der Waals surface area contributed by atoms with E-state index in [0.717, 1.165) is 0 Å². The van der Waals surface area contributed by atoms with Gasteiger partial charge in [0.25, 0.3) is 10.1 Å². The van der Waals surface area contributed by atoms with E-state index in [9.17, 15) is 28.3 Å². The van der Waals surface area contributed by atoms with E-state index in [1.807, 2.05) is 0 Å². The van der Waals surface area contributed by atoms with Crippen molar-refractivity contribution in [1.29, 1.82) is 0 Å². The number of nitrogens with zero attached hydrogens (tertiary/aromatic N) is 4. The second-order valence-electron chi connectivity index (χ2n) is 6.37. The average molecular weight is 423 g/mol. The standard InChI is InChI=1S/C16H17N5O7S/c22-5-9-12(23)13(24)16(28-9)21-7-19-11-14(17-6-18-15(11)21)20-8-3-1-2-4-10(8)29(25,26)27/h1-4,6-7,9,12-13,16,22-24H,5H2,(H,17,18,20)(H,25,26,27)/t9-,12-,13-,16-/m1/s1. The normalized spacial score (nSPS) is 24.8. The van der Waals surface area contributed by atoms with E-state index < -0.39 is 41.3 Å². The van der Waals surface area contributed by atoms with Gasteiger partial charge in [0.2, 0.25) is 0 Å². The van der Waals surface area contributed by atoms with Crippen LogP contribution in [0, 0.1) is 0 Å². The molecule has 5 N–H and O–H groups in total. The number of hydrogen-bond donors (Lipinski definition) is 5. The number of ether oxygens (including phenoxy) is 1. The lowest BCUT2D eigenvalue weighted by molar-refractivity contribution is -0.0511. The highest BCUT2D eigenvalue weighted by Crippen LogP contribution is 2.33. The number of aliphatic hydroxyl groups excluding tert-OH is 3. The second-order valence-corrected chi connectivity index (χ2v) is 7.76. The van der Waals surface area contributed by atoms with Crippen LogP contribution in [-0.2, 0) is 14.9 Å². The fraction of sp³-hybridized carbons (Fsp3) is 0.312. The van der Waals surface area contributed by atoms with E-state index in [1.165, 1.54) is 35.4 Å². The zero-order valence-electron chi connectivity index (χ0n) is 14.7. The topological polar surface area (TPSA) is 180 Å². The Morgan fingerprint density at radius 2 is 1.90 bits per heavy atom.